The quantitative estimate of drug-likeness (QED) is 0.624. The first-order valence-electron chi connectivity index (χ1n) is 8.29. The highest BCUT2D eigenvalue weighted by molar-refractivity contribution is 7.89. The largest absolute Gasteiger partial charge is 0.270 e. The zero-order valence-electron chi connectivity index (χ0n) is 15.6. The number of benzene rings is 2. The first-order chi connectivity index (χ1) is 11.9. The Hall–Kier alpha value is -2.25. The summed E-state index contributed by atoms with van der Waals surface area (Å²) in [6.45, 7) is 9.69. The van der Waals surface area contributed by atoms with E-state index in [1.165, 1.54) is 12.1 Å². The fraction of sp³-hybridized carbons (Fsp3) is 0.368. The van der Waals surface area contributed by atoms with E-state index in [1.54, 1.807) is 13.8 Å². The number of non-ortho nitro benzene ring substituents is 1. The summed E-state index contributed by atoms with van der Waals surface area (Å²) in [6, 6.07) is 11.1. The average molecular weight is 376 g/mol. The van der Waals surface area contributed by atoms with E-state index in [0.717, 1.165) is 17.2 Å². The number of aryl methyl sites for hydroxylation is 1. The molecule has 0 radical (unpaired) electrons. The van der Waals surface area contributed by atoms with E-state index in [1.807, 2.05) is 24.3 Å². The second-order valence-electron chi connectivity index (χ2n) is 7.42. The molecule has 2 aromatic rings. The summed E-state index contributed by atoms with van der Waals surface area (Å²) in [6.07, 6.45) is 0. The van der Waals surface area contributed by atoms with Crippen molar-refractivity contribution in [3.05, 3.63) is 69.3 Å². The van der Waals surface area contributed by atoms with E-state index in [2.05, 4.69) is 25.5 Å². The summed E-state index contributed by atoms with van der Waals surface area (Å²) >= 11 is 0. The van der Waals surface area contributed by atoms with E-state index in [0.29, 0.717) is 5.56 Å². The van der Waals surface area contributed by atoms with Gasteiger partial charge in [-0.05, 0) is 36.0 Å². The van der Waals surface area contributed by atoms with Gasteiger partial charge in [0.15, 0.2) is 0 Å². The third-order valence-electron chi connectivity index (χ3n) is 4.28. The van der Waals surface area contributed by atoms with Crippen LogP contribution in [0.5, 0.6) is 0 Å². The van der Waals surface area contributed by atoms with Crippen LogP contribution < -0.4 is 4.72 Å². The molecule has 0 aliphatic heterocycles. The zero-order chi connectivity index (χ0) is 19.7. The molecule has 6 nitrogen and oxygen atoms in total. The first kappa shape index (κ1) is 20.1. The lowest BCUT2D eigenvalue weighted by molar-refractivity contribution is -0.385. The normalized spacial score (nSPS) is 13.4. The van der Waals surface area contributed by atoms with Crippen LogP contribution in [0.25, 0.3) is 0 Å². The minimum atomic E-state index is -3.89. The van der Waals surface area contributed by atoms with Crippen LogP contribution in [0.4, 0.5) is 5.69 Å². The van der Waals surface area contributed by atoms with Gasteiger partial charge in [0, 0.05) is 18.2 Å². The molecule has 0 amide bonds. The summed E-state index contributed by atoms with van der Waals surface area (Å²) in [7, 11) is -3.89. The molecule has 0 unspecified atom stereocenters. The number of hydrogen-bond acceptors (Lipinski definition) is 4. The predicted molar refractivity (Wildman–Crippen MR) is 102 cm³/mol. The van der Waals surface area contributed by atoms with Crippen LogP contribution in [0.1, 0.15) is 50.4 Å². The van der Waals surface area contributed by atoms with Crippen LogP contribution >= 0.6 is 0 Å². The third-order valence-corrected chi connectivity index (χ3v) is 5.96. The van der Waals surface area contributed by atoms with Gasteiger partial charge in [0.05, 0.1) is 9.82 Å². The number of rotatable bonds is 5. The van der Waals surface area contributed by atoms with Crippen molar-refractivity contribution in [2.75, 3.05) is 0 Å². The fourth-order valence-corrected chi connectivity index (χ4v) is 4.12. The molecule has 1 N–H and O–H groups in total. The van der Waals surface area contributed by atoms with Gasteiger partial charge < -0.3 is 0 Å². The van der Waals surface area contributed by atoms with Crippen molar-refractivity contribution in [1.29, 1.82) is 0 Å². The van der Waals surface area contributed by atoms with Gasteiger partial charge in [-0.1, -0.05) is 51.1 Å². The van der Waals surface area contributed by atoms with Crippen LogP contribution in [-0.4, -0.2) is 13.3 Å². The first-order valence-corrected chi connectivity index (χ1v) is 9.78. The van der Waals surface area contributed by atoms with Crippen molar-refractivity contribution in [2.24, 2.45) is 0 Å². The molecule has 1 atom stereocenters. The van der Waals surface area contributed by atoms with Crippen molar-refractivity contribution in [3.63, 3.8) is 0 Å². The van der Waals surface area contributed by atoms with E-state index in [4.69, 9.17) is 0 Å². The van der Waals surface area contributed by atoms with E-state index >= 15 is 0 Å². The molecular formula is C19H24N2O4S. The highest BCUT2D eigenvalue weighted by atomic mass is 32.2. The molecule has 2 rings (SSSR count). The molecule has 0 saturated carbocycles. The Balaban J connectivity index is 2.29. The minimum absolute atomic E-state index is 0.0152. The number of nitrogens with one attached hydrogen (secondary N) is 1. The Kier molecular flexibility index (Phi) is 5.53. The lowest BCUT2D eigenvalue weighted by Crippen LogP contribution is -2.27. The van der Waals surface area contributed by atoms with Crippen LogP contribution in [0.2, 0.25) is 0 Å². The maximum Gasteiger partial charge on any atom is 0.270 e. The molecule has 0 saturated heterocycles. The number of nitrogens with zero attached hydrogens (tertiary/aromatic N) is 1. The Morgan fingerprint density at radius 2 is 1.65 bits per heavy atom. The minimum Gasteiger partial charge on any atom is -0.258 e. The third kappa shape index (κ3) is 4.47. The molecular weight excluding hydrogens is 352 g/mol. The molecule has 7 heteroatoms. The molecule has 0 spiro atoms. The van der Waals surface area contributed by atoms with Crippen LogP contribution in [0, 0.1) is 17.0 Å². The van der Waals surface area contributed by atoms with Gasteiger partial charge in [0.1, 0.15) is 0 Å². The van der Waals surface area contributed by atoms with Gasteiger partial charge in [-0.2, -0.15) is 0 Å². The summed E-state index contributed by atoms with van der Waals surface area (Å²) < 4.78 is 28.0. The summed E-state index contributed by atoms with van der Waals surface area (Å²) in [5, 5.41) is 10.9. The zero-order valence-corrected chi connectivity index (χ0v) is 16.4. The molecule has 0 bridgehead atoms. The number of hydrogen-bond donors (Lipinski definition) is 1. The van der Waals surface area contributed by atoms with Crippen molar-refractivity contribution < 1.29 is 13.3 Å². The molecule has 0 aliphatic carbocycles. The highest BCUT2D eigenvalue weighted by Crippen LogP contribution is 2.26. The van der Waals surface area contributed by atoms with Gasteiger partial charge in [-0.15, -0.1) is 0 Å². The second kappa shape index (κ2) is 7.17. The van der Waals surface area contributed by atoms with Crippen molar-refractivity contribution in [2.45, 2.75) is 51.0 Å². The van der Waals surface area contributed by atoms with Gasteiger partial charge >= 0.3 is 0 Å². The summed E-state index contributed by atoms with van der Waals surface area (Å²) in [4.78, 5) is 10.3. The highest BCUT2D eigenvalue weighted by Gasteiger charge is 2.23. The van der Waals surface area contributed by atoms with Crippen molar-refractivity contribution in [3.8, 4) is 0 Å². The molecule has 2 aromatic carbocycles. The monoisotopic (exact) mass is 376 g/mol. The van der Waals surface area contributed by atoms with Crippen molar-refractivity contribution in [1.82, 2.24) is 4.72 Å². The molecule has 140 valence electrons. The summed E-state index contributed by atoms with van der Waals surface area (Å²) in [5.41, 5.74) is 2.20. The lowest BCUT2D eigenvalue weighted by atomic mass is 9.86. The maximum atomic E-state index is 12.7. The number of sulfonamides is 1. The van der Waals surface area contributed by atoms with Crippen molar-refractivity contribution >= 4 is 15.7 Å². The lowest BCUT2D eigenvalue weighted by Gasteiger charge is -2.21. The van der Waals surface area contributed by atoms with E-state index in [-0.39, 0.29) is 16.0 Å². The fourth-order valence-electron chi connectivity index (χ4n) is 2.63. The maximum absolute atomic E-state index is 12.7. The van der Waals surface area contributed by atoms with E-state index < -0.39 is 21.0 Å². The Morgan fingerprint density at radius 3 is 2.15 bits per heavy atom. The van der Waals surface area contributed by atoms with Crippen LogP contribution in [-0.2, 0) is 15.4 Å². The number of nitro groups is 1. The summed E-state index contributed by atoms with van der Waals surface area (Å²) in [5.74, 6) is 0. The second-order valence-corrected chi connectivity index (χ2v) is 9.10. The van der Waals surface area contributed by atoms with Gasteiger partial charge in [0.2, 0.25) is 10.0 Å². The Morgan fingerprint density at radius 1 is 1.08 bits per heavy atom. The Labute approximate surface area is 154 Å². The number of nitro benzene ring substituents is 1. The molecule has 0 fully saturated rings. The van der Waals surface area contributed by atoms with Gasteiger partial charge in [-0.3, -0.25) is 10.1 Å². The molecule has 0 aliphatic rings. The predicted octanol–water partition coefficient (Wildman–Crippen LogP) is 4.24. The standard InChI is InChI=1S/C19H24N2O4S/c1-13-6-11-17(21(22)23)12-18(13)26(24,25)20-14(2)15-7-9-16(10-8-15)19(3,4)5/h6-12,14,20H,1-5H3/t14-/m0/s1. The average Bonchev–Trinajstić information content (AvgIpc) is 2.53. The Bertz CT molecular complexity index is 914. The van der Waals surface area contributed by atoms with E-state index in [9.17, 15) is 18.5 Å². The molecule has 0 heterocycles. The van der Waals surface area contributed by atoms with Crippen LogP contribution in [0.3, 0.4) is 0 Å². The topological polar surface area (TPSA) is 89.3 Å². The van der Waals surface area contributed by atoms with Crippen LogP contribution in [0.15, 0.2) is 47.4 Å². The smallest absolute Gasteiger partial charge is 0.258 e. The molecule has 0 aromatic heterocycles. The molecule has 26 heavy (non-hydrogen) atoms. The van der Waals surface area contributed by atoms with Gasteiger partial charge in [0.25, 0.3) is 5.69 Å². The van der Waals surface area contributed by atoms with Gasteiger partial charge in [-0.25, -0.2) is 13.1 Å². The SMILES string of the molecule is Cc1ccc([N+](=O)[O-])cc1S(=O)(=O)N[C@@H](C)c1ccc(C(C)(C)C)cc1.